The van der Waals surface area contributed by atoms with Crippen molar-refractivity contribution in [2.45, 2.75) is 29.3 Å². The molecular weight excluding hydrogens is 379 g/mol. The summed E-state index contributed by atoms with van der Waals surface area (Å²) in [5, 5.41) is 6.90. The Kier molecular flexibility index (Phi) is 6.73. The van der Waals surface area contributed by atoms with Crippen LogP contribution in [-0.4, -0.2) is 25.3 Å². The number of urea groups is 2. The normalized spacial score (nSPS) is 11.0. The number of anilines is 1. The van der Waals surface area contributed by atoms with Gasteiger partial charge in [0.15, 0.2) is 0 Å². The number of hydrogen-bond acceptors (Lipinski definition) is 3. The summed E-state index contributed by atoms with van der Waals surface area (Å²) in [5.41, 5.74) is 1.60. The molecule has 9 heteroatoms. The van der Waals surface area contributed by atoms with Gasteiger partial charge in [-0.25, -0.2) is 9.59 Å². The van der Waals surface area contributed by atoms with E-state index < -0.39 is 24.7 Å². The van der Waals surface area contributed by atoms with E-state index in [0.717, 1.165) is 15.4 Å². The minimum atomic E-state index is -4.22. The van der Waals surface area contributed by atoms with E-state index in [2.05, 4.69) is 16.0 Å². The average molecular weight is 397 g/mol. The van der Waals surface area contributed by atoms with Gasteiger partial charge in [0.25, 0.3) is 0 Å². The van der Waals surface area contributed by atoms with Gasteiger partial charge in [0.05, 0.1) is 6.42 Å². The second kappa shape index (κ2) is 8.81. The Hall–Kier alpha value is -2.68. The lowest BCUT2D eigenvalue weighted by atomic mass is 10.1. The van der Waals surface area contributed by atoms with Crippen molar-refractivity contribution in [3.05, 3.63) is 53.6 Å². The molecular formula is C18H18F3N3O2S. The van der Waals surface area contributed by atoms with Crippen LogP contribution in [0.3, 0.4) is 0 Å². The number of aryl methyl sites for hydroxylation is 1. The predicted octanol–water partition coefficient (Wildman–Crippen LogP) is 4.71. The van der Waals surface area contributed by atoms with Crippen LogP contribution >= 0.6 is 11.8 Å². The summed E-state index contributed by atoms with van der Waals surface area (Å²) in [6.07, 6.45) is -5.17. The highest BCUT2D eigenvalue weighted by atomic mass is 32.2. The maximum Gasteiger partial charge on any atom is 0.393 e. The minimum Gasteiger partial charge on any atom is -0.341 e. The predicted molar refractivity (Wildman–Crippen MR) is 98.1 cm³/mol. The summed E-state index contributed by atoms with van der Waals surface area (Å²) in [5.74, 6) is 0. The maximum atomic E-state index is 12.4. The molecule has 0 atom stereocenters. The first kappa shape index (κ1) is 20.6. The Labute approximate surface area is 158 Å². The molecule has 2 rings (SSSR count). The van der Waals surface area contributed by atoms with Crippen LogP contribution < -0.4 is 16.0 Å². The number of carbonyl (C=O) groups excluding carboxylic acids is 2. The second-order valence-electron chi connectivity index (χ2n) is 5.68. The lowest BCUT2D eigenvalue weighted by Gasteiger charge is -2.11. The van der Waals surface area contributed by atoms with Crippen molar-refractivity contribution in [2.24, 2.45) is 0 Å². The molecule has 0 aromatic heterocycles. The molecule has 4 amide bonds. The zero-order valence-corrected chi connectivity index (χ0v) is 15.4. The van der Waals surface area contributed by atoms with E-state index in [0.29, 0.717) is 5.69 Å². The topological polar surface area (TPSA) is 70.2 Å². The Morgan fingerprint density at radius 2 is 1.70 bits per heavy atom. The van der Waals surface area contributed by atoms with Crippen molar-refractivity contribution in [2.75, 3.05) is 12.4 Å². The molecule has 5 nitrogen and oxygen atoms in total. The third kappa shape index (κ3) is 6.86. The molecule has 0 bridgehead atoms. The molecule has 0 fully saturated rings. The number of benzene rings is 2. The number of carbonyl (C=O) groups is 2. The first-order valence-corrected chi connectivity index (χ1v) is 8.72. The van der Waals surface area contributed by atoms with E-state index in [1.54, 1.807) is 30.3 Å². The van der Waals surface area contributed by atoms with Gasteiger partial charge in [0.2, 0.25) is 0 Å². The van der Waals surface area contributed by atoms with Crippen molar-refractivity contribution < 1.29 is 22.8 Å². The van der Waals surface area contributed by atoms with Gasteiger partial charge in [-0.15, -0.1) is 0 Å². The van der Waals surface area contributed by atoms with Gasteiger partial charge in [0.1, 0.15) is 0 Å². The second-order valence-corrected chi connectivity index (χ2v) is 6.79. The fourth-order valence-electron chi connectivity index (χ4n) is 2.20. The molecule has 0 aliphatic heterocycles. The number of nitrogens with one attached hydrogen (secondary N) is 3. The van der Waals surface area contributed by atoms with Crippen LogP contribution in [0.2, 0.25) is 0 Å². The van der Waals surface area contributed by atoms with Gasteiger partial charge in [-0.3, -0.25) is 5.32 Å². The number of halogens is 3. The molecule has 2 aromatic carbocycles. The van der Waals surface area contributed by atoms with Crippen molar-refractivity contribution in [3.8, 4) is 0 Å². The van der Waals surface area contributed by atoms with E-state index in [9.17, 15) is 22.8 Å². The third-order valence-electron chi connectivity index (χ3n) is 3.44. The average Bonchev–Trinajstić information content (AvgIpc) is 2.57. The Balaban J connectivity index is 2.01. The lowest BCUT2D eigenvalue weighted by molar-refractivity contribution is -0.127. The lowest BCUT2D eigenvalue weighted by Crippen LogP contribution is -2.40. The van der Waals surface area contributed by atoms with Crippen LogP contribution in [-0.2, 0) is 6.42 Å². The molecule has 0 spiro atoms. The monoisotopic (exact) mass is 397 g/mol. The third-order valence-corrected chi connectivity index (χ3v) is 4.63. The molecule has 2 aromatic rings. The smallest absolute Gasteiger partial charge is 0.341 e. The molecule has 0 radical (unpaired) electrons. The molecule has 0 saturated heterocycles. The zero-order chi connectivity index (χ0) is 20.0. The van der Waals surface area contributed by atoms with Gasteiger partial charge in [-0.2, -0.15) is 13.2 Å². The number of alkyl halides is 3. The van der Waals surface area contributed by atoms with Crippen molar-refractivity contribution in [3.63, 3.8) is 0 Å². The summed E-state index contributed by atoms with van der Waals surface area (Å²) in [6.45, 7) is 1.85. The highest BCUT2D eigenvalue weighted by Crippen LogP contribution is 2.32. The first-order valence-electron chi connectivity index (χ1n) is 7.90. The SMILES string of the molecule is CNC(=O)NC(=O)Nc1ccc(Sc2ccc(CC(F)(F)F)cc2)c(C)c1. The van der Waals surface area contributed by atoms with E-state index in [4.69, 9.17) is 0 Å². The number of rotatable bonds is 4. The molecule has 0 heterocycles. The molecule has 27 heavy (non-hydrogen) atoms. The van der Waals surface area contributed by atoms with Crippen LogP contribution in [0.15, 0.2) is 52.3 Å². The minimum absolute atomic E-state index is 0.213. The summed E-state index contributed by atoms with van der Waals surface area (Å²) in [7, 11) is 1.40. The maximum absolute atomic E-state index is 12.4. The Morgan fingerprint density at radius 1 is 1.04 bits per heavy atom. The Bertz CT molecular complexity index is 824. The highest BCUT2D eigenvalue weighted by Gasteiger charge is 2.27. The van der Waals surface area contributed by atoms with Gasteiger partial charge < -0.3 is 10.6 Å². The fraction of sp³-hybridized carbons (Fsp3) is 0.222. The highest BCUT2D eigenvalue weighted by molar-refractivity contribution is 7.99. The van der Waals surface area contributed by atoms with Crippen LogP contribution in [0.5, 0.6) is 0 Å². The van der Waals surface area contributed by atoms with Crippen LogP contribution in [0.4, 0.5) is 28.4 Å². The molecule has 0 aliphatic carbocycles. The molecule has 0 saturated carbocycles. The van der Waals surface area contributed by atoms with Gasteiger partial charge in [0, 0.05) is 22.5 Å². The fourth-order valence-corrected chi connectivity index (χ4v) is 3.09. The van der Waals surface area contributed by atoms with Gasteiger partial charge in [-0.1, -0.05) is 23.9 Å². The number of imide groups is 1. The Morgan fingerprint density at radius 3 is 2.26 bits per heavy atom. The van der Waals surface area contributed by atoms with Gasteiger partial charge in [-0.05, 0) is 48.4 Å². The number of amides is 4. The first-order chi connectivity index (χ1) is 12.7. The van der Waals surface area contributed by atoms with Crippen molar-refractivity contribution >= 4 is 29.5 Å². The van der Waals surface area contributed by atoms with E-state index in [1.807, 2.05) is 6.92 Å². The summed E-state index contributed by atoms with van der Waals surface area (Å²) in [4.78, 5) is 24.4. The quantitative estimate of drug-likeness (QED) is 0.700. The number of hydrogen-bond donors (Lipinski definition) is 3. The summed E-state index contributed by atoms with van der Waals surface area (Å²) < 4.78 is 37.2. The largest absolute Gasteiger partial charge is 0.393 e. The standard InChI is InChI=1S/C18H18F3N3O2S/c1-11-9-13(23-17(26)24-16(25)22-2)5-8-15(11)27-14-6-3-12(4-7-14)10-18(19,20)21/h3-9H,10H2,1-2H3,(H3,22,23,24,25,26). The molecule has 3 N–H and O–H groups in total. The van der Waals surface area contributed by atoms with E-state index in [-0.39, 0.29) is 5.56 Å². The summed E-state index contributed by atoms with van der Waals surface area (Å²) >= 11 is 1.41. The van der Waals surface area contributed by atoms with Crippen LogP contribution in [0.25, 0.3) is 0 Å². The van der Waals surface area contributed by atoms with Crippen molar-refractivity contribution in [1.29, 1.82) is 0 Å². The molecule has 144 valence electrons. The van der Waals surface area contributed by atoms with E-state index in [1.165, 1.54) is 30.9 Å². The van der Waals surface area contributed by atoms with E-state index >= 15 is 0 Å². The molecule has 0 unspecified atom stereocenters. The molecule has 0 aliphatic rings. The van der Waals surface area contributed by atoms with Crippen molar-refractivity contribution in [1.82, 2.24) is 10.6 Å². The van der Waals surface area contributed by atoms with Crippen LogP contribution in [0, 0.1) is 6.92 Å². The zero-order valence-electron chi connectivity index (χ0n) is 14.6. The summed E-state index contributed by atoms with van der Waals surface area (Å²) in [6, 6.07) is 10.1. The van der Waals surface area contributed by atoms with Crippen LogP contribution in [0.1, 0.15) is 11.1 Å². The van der Waals surface area contributed by atoms with Gasteiger partial charge >= 0.3 is 18.2 Å².